The van der Waals surface area contributed by atoms with Gasteiger partial charge in [0.15, 0.2) is 11.3 Å². The van der Waals surface area contributed by atoms with Gasteiger partial charge < -0.3 is 0 Å². The van der Waals surface area contributed by atoms with Crippen molar-refractivity contribution in [3.05, 3.63) is 71.3 Å². The number of benzene rings is 2. The monoisotopic (exact) mass is 290 g/mol. The molecule has 110 valence electrons. The fourth-order valence-electron chi connectivity index (χ4n) is 3.82. The lowest BCUT2D eigenvalue weighted by atomic mass is 9.74. The molecule has 0 unspecified atom stereocenters. The smallest absolute Gasteiger partial charge is 0.193 e. The Morgan fingerprint density at radius 1 is 1.00 bits per heavy atom. The number of hydrogen-bond acceptors (Lipinski definition) is 3. The fraction of sp³-hybridized carbons (Fsp3) is 0.316. The van der Waals surface area contributed by atoms with Crippen molar-refractivity contribution in [2.45, 2.75) is 30.7 Å². The number of carbonyl (C=O) groups is 1. The highest BCUT2D eigenvalue weighted by Crippen LogP contribution is 2.44. The Hall–Kier alpha value is -2.29. The summed E-state index contributed by atoms with van der Waals surface area (Å²) in [6.07, 6.45) is 2.70. The molecule has 3 nitrogen and oxygen atoms in total. The number of azo groups is 1. The Morgan fingerprint density at radius 3 is 2.64 bits per heavy atom. The second-order valence-corrected chi connectivity index (χ2v) is 6.15. The molecule has 0 aromatic heterocycles. The summed E-state index contributed by atoms with van der Waals surface area (Å²) in [6, 6.07) is 18.2. The van der Waals surface area contributed by atoms with Crippen molar-refractivity contribution in [2.24, 2.45) is 10.2 Å². The quantitative estimate of drug-likeness (QED) is 0.776. The van der Waals surface area contributed by atoms with E-state index >= 15 is 0 Å². The van der Waals surface area contributed by atoms with Crippen LogP contribution in [0.3, 0.4) is 0 Å². The van der Waals surface area contributed by atoms with Crippen molar-refractivity contribution in [1.29, 1.82) is 0 Å². The van der Waals surface area contributed by atoms with E-state index in [1.54, 1.807) is 0 Å². The average molecular weight is 290 g/mol. The Kier molecular flexibility index (Phi) is 3.14. The van der Waals surface area contributed by atoms with Crippen LogP contribution < -0.4 is 0 Å². The van der Waals surface area contributed by atoms with Gasteiger partial charge in [-0.2, -0.15) is 10.2 Å². The van der Waals surface area contributed by atoms with Gasteiger partial charge in [0.25, 0.3) is 0 Å². The number of carbonyl (C=O) groups excluding carboxylic acids is 1. The molecule has 1 spiro atoms. The van der Waals surface area contributed by atoms with Crippen LogP contribution in [0.4, 0.5) is 0 Å². The minimum atomic E-state index is -0.700. The summed E-state index contributed by atoms with van der Waals surface area (Å²) in [5, 5.41) is 8.79. The lowest BCUT2D eigenvalue weighted by Gasteiger charge is -2.29. The zero-order chi connectivity index (χ0) is 15.0. The van der Waals surface area contributed by atoms with Crippen molar-refractivity contribution in [3.8, 4) is 0 Å². The third kappa shape index (κ3) is 1.92. The van der Waals surface area contributed by atoms with E-state index in [4.69, 9.17) is 0 Å². The maximum Gasteiger partial charge on any atom is 0.193 e. The number of fused-ring (bicyclic) bond motifs is 1. The molecule has 0 saturated heterocycles. The van der Waals surface area contributed by atoms with Crippen LogP contribution in [0, 0.1) is 0 Å². The molecule has 0 saturated carbocycles. The first-order chi connectivity index (χ1) is 10.8. The number of hydrogen-bond donors (Lipinski definition) is 0. The van der Waals surface area contributed by atoms with E-state index in [0.717, 1.165) is 30.4 Å². The van der Waals surface area contributed by atoms with Crippen LogP contribution in [-0.2, 0) is 6.42 Å². The normalized spacial score (nSPS) is 26.9. The fourth-order valence-corrected chi connectivity index (χ4v) is 3.82. The predicted octanol–water partition coefficient (Wildman–Crippen LogP) is 4.19. The largest absolute Gasteiger partial charge is 0.291 e. The van der Waals surface area contributed by atoms with E-state index in [1.165, 1.54) is 5.56 Å². The Labute approximate surface area is 130 Å². The first kappa shape index (κ1) is 13.4. The molecule has 1 heterocycles. The van der Waals surface area contributed by atoms with Crippen molar-refractivity contribution in [1.82, 2.24) is 0 Å². The summed E-state index contributed by atoms with van der Waals surface area (Å²) < 4.78 is 0. The molecule has 22 heavy (non-hydrogen) atoms. The summed E-state index contributed by atoms with van der Waals surface area (Å²) in [6.45, 7) is 0.609. The van der Waals surface area contributed by atoms with Gasteiger partial charge in [-0.1, -0.05) is 54.6 Å². The minimum Gasteiger partial charge on any atom is -0.291 e. The first-order valence-corrected chi connectivity index (χ1v) is 7.87. The molecule has 3 heteroatoms. The van der Waals surface area contributed by atoms with Crippen LogP contribution in [0.25, 0.3) is 0 Å². The van der Waals surface area contributed by atoms with E-state index in [-0.39, 0.29) is 11.7 Å². The Balaban J connectivity index is 1.82. The maximum atomic E-state index is 13.3. The van der Waals surface area contributed by atoms with E-state index in [9.17, 15) is 4.79 Å². The van der Waals surface area contributed by atoms with Crippen molar-refractivity contribution in [2.75, 3.05) is 6.54 Å². The lowest BCUT2D eigenvalue weighted by Crippen LogP contribution is -2.40. The van der Waals surface area contributed by atoms with Crippen LogP contribution in [0.5, 0.6) is 0 Å². The lowest BCUT2D eigenvalue weighted by molar-refractivity contribution is 0.0870. The Bertz CT molecular complexity index is 738. The van der Waals surface area contributed by atoms with Crippen LogP contribution in [0.15, 0.2) is 64.8 Å². The number of nitrogens with zero attached hydrogens (tertiary/aromatic N) is 2. The molecule has 2 aromatic carbocycles. The van der Waals surface area contributed by atoms with Crippen molar-refractivity contribution >= 4 is 5.78 Å². The van der Waals surface area contributed by atoms with Gasteiger partial charge in [-0.3, -0.25) is 4.79 Å². The van der Waals surface area contributed by atoms with Gasteiger partial charge in [0.05, 0.1) is 6.54 Å². The Morgan fingerprint density at radius 2 is 1.77 bits per heavy atom. The topological polar surface area (TPSA) is 41.8 Å². The van der Waals surface area contributed by atoms with E-state index in [2.05, 4.69) is 28.4 Å². The number of Topliss-reactive ketones (excluding diaryl/α,β-unsaturated/α-hetero) is 1. The van der Waals surface area contributed by atoms with E-state index in [0.29, 0.717) is 6.54 Å². The van der Waals surface area contributed by atoms with E-state index in [1.807, 2.05) is 36.4 Å². The number of ketones is 1. The molecule has 0 amide bonds. The molecule has 0 N–H and O–H groups in total. The van der Waals surface area contributed by atoms with Crippen LogP contribution in [0.1, 0.15) is 40.2 Å². The first-order valence-electron chi connectivity index (χ1n) is 7.87. The van der Waals surface area contributed by atoms with Crippen LogP contribution >= 0.6 is 0 Å². The zero-order valence-electron chi connectivity index (χ0n) is 12.4. The van der Waals surface area contributed by atoms with E-state index < -0.39 is 5.54 Å². The van der Waals surface area contributed by atoms with Gasteiger partial charge in [-0.15, -0.1) is 0 Å². The second kappa shape index (κ2) is 5.16. The van der Waals surface area contributed by atoms with Gasteiger partial charge in [-0.25, -0.2) is 0 Å². The molecule has 2 atom stereocenters. The molecule has 2 aromatic rings. The molecule has 2 aliphatic rings. The molecule has 4 rings (SSSR count). The summed E-state index contributed by atoms with van der Waals surface area (Å²) in [5.74, 6) is 0.211. The van der Waals surface area contributed by atoms with Gasteiger partial charge in [0.2, 0.25) is 0 Å². The molecular weight excluding hydrogens is 272 g/mol. The molecule has 1 aliphatic carbocycles. The summed E-state index contributed by atoms with van der Waals surface area (Å²) in [7, 11) is 0. The highest BCUT2D eigenvalue weighted by Gasteiger charge is 2.50. The van der Waals surface area contributed by atoms with Crippen molar-refractivity contribution < 1.29 is 4.79 Å². The maximum absolute atomic E-state index is 13.3. The zero-order valence-corrected chi connectivity index (χ0v) is 12.4. The van der Waals surface area contributed by atoms with Gasteiger partial charge in [0, 0.05) is 11.5 Å². The van der Waals surface area contributed by atoms with Gasteiger partial charge in [-0.05, 0) is 30.4 Å². The minimum absolute atomic E-state index is 0.0624. The molecule has 0 radical (unpaired) electrons. The molecular formula is C19H18N2O. The third-order valence-electron chi connectivity index (χ3n) is 4.95. The van der Waals surface area contributed by atoms with Crippen LogP contribution in [-0.4, -0.2) is 17.9 Å². The highest BCUT2D eigenvalue weighted by atomic mass is 16.1. The molecule has 0 bridgehead atoms. The summed E-state index contributed by atoms with van der Waals surface area (Å²) >= 11 is 0. The number of aryl methyl sites for hydroxylation is 1. The number of rotatable bonds is 1. The third-order valence-corrected chi connectivity index (χ3v) is 4.95. The van der Waals surface area contributed by atoms with Crippen LogP contribution in [0.2, 0.25) is 0 Å². The summed E-state index contributed by atoms with van der Waals surface area (Å²) in [4.78, 5) is 13.3. The second-order valence-electron chi connectivity index (χ2n) is 6.15. The standard InChI is InChI=1S/C19H18N2O/c22-18-16-11-5-4-7-14(16)10-6-12-19(18)17(13-20-21-19)15-8-2-1-3-9-15/h1-5,7-9,11,17H,6,10,12-13H2/t17-,19+/m0/s1. The van der Waals surface area contributed by atoms with Gasteiger partial charge >= 0.3 is 0 Å². The molecule has 0 fully saturated rings. The molecule has 1 aliphatic heterocycles. The highest BCUT2D eigenvalue weighted by molar-refractivity contribution is 6.05. The predicted molar refractivity (Wildman–Crippen MR) is 85.3 cm³/mol. The van der Waals surface area contributed by atoms with Crippen molar-refractivity contribution in [3.63, 3.8) is 0 Å². The SMILES string of the molecule is O=C1c2ccccc2CCC[C@]12N=NC[C@H]2c1ccccc1. The average Bonchev–Trinajstić information content (AvgIpc) is 2.94. The summed E-state index contributed by atoms with van der Waals surface area (Å²) in [5.41, 5.74) is 2.45. The van der Waals surface area contributed by atoms with Gasteiger partial charge in [0.1, 0.15) is 0 Å².